The highest BCUT2D eigenvalue weighted by Gasteiger charge is 2.34. The molecule has 0 spiro atoms. The Kier molecular flexibility index (Phi) is 4.72. The molecule has 1 aromatic rings. The van der Waals surface area contributed by atoms with Crippen LogP contribution in [0, 0.1) is 5.92 Å². The molecular weight excluding hydrogens is 224 g/mol. The zero-order chi connectivity index (χ0) is 12.8. The fourth-order valence-electron chi connectivity index (χ4n) is 2.73. The monoisotopic (exact) mass is 248 g/mol. The standard InChI is InChI=1S/C15H24N2O/c1-2-13-6-8-15(12-16,9-7-13)18-11-14-5-3-4-10-17-14/h3-5,10,13H,2,6-9,11-12,16H2,1H3. The van der Waals surface area contributed by atoms with Crippen LogP contribution in [0.2, 0.25) is 0 Å². The largest absolute Gasteiger partial charge is 0.367 e. The third-order valence-electron chi connectivity index (χ3n) is 4.22. The number of nitrogens with zero attached hydrogens (tertiary/aromatic N) is 1. The number of hydrogen-bond acceptors (Lipinski definition) is 3. The van der Waals surface area contributed by atoms with Crippen LogP contribution < -0.4 is 5.73 Å². The van der Waals surface area contributed by atoms with Crippen LogP contribution in [0.5, 0.6) is 0 Å². The molecule has 1 aliphatic carbocycles. The van der Waals surface area contributed by atoms with Gasteiger partial charge in [-0.15, -0.1) is 0 Å². The van der Waals surface area contributed by atoms with Gasteiger partial charge in [-0.3, -0.25) is 4.98 Å². The molecule has 0 amide bonds. The maximum atomic E-state index is 6.11. The minimum absolute atomic E-state index is 0.108. The van der Waals surface area contributed by atoms with Crippen molar-refractivity contribution in [1.29, 1.82) is 0 Å². The molecule has 1 aliphatic rings. The van der Waals surface area contributed by atoms with Gasteiger partial charge >= 0.3 is 0 Å². The summed E-state index contributed by atoms with van der Waals surface area (Å²) >= 11 is 0. The van der Waals surface area contributed by atoms with E-state index in [-0.39, 0.29) is 5.60 Å². The van der Waals surface area contributed by atoms with Gasteiger partial charge in [0, 0.05) is 12.7 Å². The number of nitrogens with two attached hydrogens (primary N) is 1. The van der Waals surface area contributed by atoms with E-state index in [4.69, 9.17) is 10.5 Å². The third kappa shape index (κ3) is 3.30. The van der Waals surface area contributed by atoms with Crippen molar-refractivity contribution >= 4 is 0 Å². The molecule has 1 heterocycles. The highest BCUT2D eigenvalue weighted by molar-refractivity contribution is 5.02. The summed E-state index contributed by atoms with van der Waals surface area (Å²) in [6.45, 7) is 3.47. The van der Waals surface area contributed by atoms with Crippen molar-refractivity contribution in [2.45, 2.75) is 51.2 Å². The second kappa shape index (κ2) is 6.30. The lowest BCUT2D eigenvalue weighted by Gasteiger charge is -2.39. The minimum atomic E-state index is -0.108. The van der Waals surface area contributed by atoms with Gasteiger partial charge < -0.3 is 10.5 Å². The van der Waals surface area contributed by atoms with Gasteiger partial charge in [0.2, 0.25) is 0 Å². The van der Waals surface area contributed by atoms with Gasteiger partial charge in [-0.2, -0.15) is 0 Å². The number of pyridine rings is 1. The van der Waals surface area contributed by atoms with E-state index in [1.807, 2.05) is 24.4 Å². The summed E-state index contributed by atoms with van der Waals surface area (Å²) < 4.78 is 6.11. The van der Waals surface area contributed by atoms with Crippen molar-refractivity contribution in [3.05, 3.63) is 30.1 Å². The first-order chi connectivity index (χ1) is 8.78. The number of hydrogen-bond donors (Lipinski definition) is 1. The van der Waals surface area contributed by atoms with E-state index in [0.717, 1.165) is 24.5 Å². The summed E-state index contributed by atoms with van der Waals surface area (Å²) in [6.07, 6.45) is 7.76. The van der Waals surface area contributed by atoms with Crippen LogP contribution in [-0.4, -0.2) is 17.1 Å². The zero-order valence-corrected chi connectivity index (χ0v) is 11.3. The first-order valence-electron chi connectivity index (χ1n) is 7.02. The van der Waals surface area contributed by atoms with Gasteiger partial charge in [-0.1, -0.05) is 19.4 Å². The lowest BCUT2D eigenvalue weighted by atomic mass is 9.77. The van der Waals surface area contributed by atoms with Crippen molar-refractivity contribution in [2.24, 2.45) is 11.7 Å². The van der Waals surface area contributed by atoms with Crippen LogP contribution >= 0.6 is 0 Å². The molecule has 18 heavy (non-hydrogen) atoms. The molecule has 0 aliphatic heterocycles. The molecular formula is C15H24N2O. The molecule has 2 rings (SSSR count). The van der Waals surface area contributed by atoms with Gasteiger partial charge in [0.25, 0.3) is 0 Å². The highest BCUT2D eigenvalue weighted by atomic mass is 16.5. The topological polar surface area (TPSA) is 48.1 Å². The smallest absolute Gasteiger partial charge is 0.0896 e. The molecule has 1 fully saturated rings. The Hall–Kier alpha value is -0.930. The quantitative estimate of drug-likeness (QED) is 0.871. The lowest BCUT2D eigenvalue weighted by Crippen LogP contribution is -2.43. The Morgan fingerprint density at radius 1 is 1.39 bits per heavy atom. The Labute approximate surface area is 110 Å². The molecule has 3 heteroatoms. The molecule has 1 aromatic heterocycles. The van der Waals surface area contributed by atoms with Crippen LogP contribution in [0.15, 0.2) is 24.4 Å². The van der Waals surface area contributed by atoms with Crippen LogP contribution in [0.3, 0.4) is 0 Å². The number of ether oxygens (including phenoxy) is 1. The van der Waals surface area contributed by atoms with Crippen molar-refractivity contribution in [2.75, 3.05) is 6.54 Å². The average Bonchev–Trinajstić information content (AvgIpc) is 2.47. The highest BCUT2D eigenvalue weighted by Crippen LogP contribution is 2.36. The van der Waals surface area contributed by atoms with Crippen molar-refractivity contribution < 1.29 is 4.74 Å². The third-order valence-corrected chi connectivity index (χ3v) is 4.22. The first-order valence-corrected chi connectivity index (χ1v) is 7.02. The first kappa shape index (κ1) is 13.5. The Morgan fingerprint density at radius 2 is 2.17 bits per heavy atom. The summed E-state index contributed by atoms with van der Waals surface area (Å²) in [7, 11) is 0. The van der Waals surface area contributed by atoms with E-state index in [2.05, 4.69) is 11.9 Å². The molecule has 100 valence electrons. The molecule has 0 bridgehead atoms. The fraction of sp³-hybridized carbons (Fsp3) is 0.667. The summed E-state index contributed by atoms with van der Waals surface area (Å²) in [5.74, 6) is 0.864. The van der Waals surface area contributed by atoms with Crippen molar-refractivity contribution in [3.63, 3.8) is 0 Å². The molecule has 1 saturated carbocycles. The Morgan fingerprint density at radius 3 is 2.72 bits per heavy atom. The van der Waals surface area contributed by atoms with Gasteiger partial charge in [-0.05, 0) is 43.7 Å². The Balaban J connectivity index is 1.89. The molecule has 3 nitrogen and oxygen atoms in total. The minimum Gasteiger partial charge on any atom is -0.367 e. The molecule has 2 N–H and O–H groups in total. The normalized spacial score (nSPS) is 28.2. The van der Waals surface area contributed by atoms with Crippen molar-refractivity contribution in [1.82, 2.24) is 4.98 Å². The predicted molar refractivity (Wildman–Crippen MR) is 73.1 cm³/mol. The molecule has 0 radical (unpaired) electrons. The second-order valence-electron chi connectivity index (χ2n) is 5.35. The van der Waals surface area contributed by atoms with E-state index in [9.17, 15) is 0 Å². The summed E-state index contributed by atoms with van der Waals surface area (Å²) in [6, 6.07) is 5.92. The molecule has 0 unspecified atom stereocenters. The van der Waals surface area contributed by atoms with E-state index in [0.29, 0.717) is 13.2 Å². The van der Waals surface area contributed by atoms with Gasteiger partial charge in [0.1, 0.15) is 0 Å². The predicted octanol–water partition coefficient (Wildman–Crippen LogP) is 2.90. The average molecular weight is 248 g/mol. The molecule has 0 saturated heterocycles. The maximum Gasteiger partial charge on any atom is 0.0896 e. The van der Waals surface area contributed by atoms with Crippen LogP contribution in [0.25, 0.3) is 0 Å². The van der Waals surface area contributed by atoms with Gasteiger partial charge in [0.15, 0.2) is 0 Å². The van der Waals surface area contributed by atoms with Crippen LogP contribution in [-0.2, 0) is 11.3 Å². The van der Waals surface area contributed by atoms with E-state index < -0.39 is 0 Å². The van der Waals surface area contributed by atoms with Crippen LogP contribution in [0.4, 0.5) is 0 Å². The Bertz CT molecular complexity index is 345. The molecule has 0 aromatic carbocycles. The van der Waals surface area contributed by atoms with Gasteiger partial charge in [0.05, 0.1) is 17.9 Å². The maximum absolute atomic E-state index is 6.11. The van der Waals surface area contributed by atoms with Crippen LogP contribution in [0.1, 0.15) is 44.7 Å². The SMILES string of the molecule is CCC1CCC(CN)(OCc2ccccn2)CC1. The number of aromatic nitrogens is 1. The van der Waals surface area contributed by atoms with Crippen molar-refractivity contribution in [3.8, 4) is 0 Å². The van der Waals surface area contributed by atoms with E-state index in [1.54, 1.807) is 0 Å². The van der Waals surface area contributed by atoms with E-state index >= 15 is 0 Å². The summed E-state index contributed by atoms with van der Waals surface area (Å²) in [4.78, 5) is 4.29. The number of rotatable bonds is 5. The summed E-state index contributed by atoms with van der Waals surface area (Å²) in [5.41, 5.74) is 6.82. The molecule has 0 atom stereocenters. The lowest BCUT2D eigenvalue weighted by molar-refractivity contribution is -0.0823. The zero-order valence-electron chi connectivity index (χ0n) is 11.3. The second-order valence-corrected chi connectivity index (χ2v) is 5.35. The van der Waals surface area contributed by atoms with E-state index in [1.165, 1.54) is 19.3 Å². The fourth-order valence-corrected chi connectivity index (χ4v) is 2.73. The summed E-state index contributed by atoms with van der Waals surface area (Å²) in [5, 5.41) is 0. The van der Waals surface area contributed by atoms with Gasteiger partial charge in [-0.25, -0.2) is 0 Å².